The Hall–Kier alpha value is -3.39. The Balaban J connectivity index is 1.37. The predicted octanol–water partition coefficient (Wildman–Crippen LogP) is 3.67. The first-order valence-electron chi connectivity index (χ1n) is 12.0. The van der Waals surface area contributed by atoms with Crippen LogP contribution < -0.4 is 25.3 Å². The number of fused-ring (bicyclic) bond motifs is 1. The number of para-hydroxylation sites is 1. The molecule has 3 aromatic rings. The van der Waals surface area contributed by atoms with Gasteiger partial charge in [0.05, 0.1) is 0 Å². The average molecular weight is 474 g/mol. The molecule has 0 saturated carbocycles. The second kappa shape index (κ2) is 10.3. The van der Waals surface area contributed by atoms with Crippen molar-refractivity contribution in [1.29, 1.82) is 0 Å². The SMILES string of the molecule is CCNC(=S)Nc1nc(N2CCN(c3ccccc3)CC2)cc(N2CCc3ccccc3C2)n1. The van der Waals surface area contributed by atoms with Gasteiger partial charge >= 0.3 is 0 Å². The molecule has 34 heavy (non-hydrogen) atoms. The van der Waals surface area contributed by atoms with Crippen molar-refractivity contribution in [3.63, 3.8) is 0 Å². The van der Waals surface area contributed by atoms with Crippen molar-refractivity contribution >= 4 is 40.6 Å². The lowest BCUT2D eigenvalue weighted by molar-refractivity contribution is 0.646. The molecule has 0 atom stereocenters. The molecule has 2 aliphatic rings. The van der Waals surface area contributed by atoms with Gasteiger partial charge in [-0.05, 0) is 48.8 Å². The van der Waals surface area contributed by atoms with Gasteiger partial charge in [0.2, 0.25) is 5.95 Å². The van der Waals surface area contributed by atoms with Gasteiger partial charge in [0, 0.05) is 57.6 Å². The van der Waals surface area contributed by atoms with Gasteiger partial charge in [-0.2, -0.15) is 9.97 Å². The molecule has 1 aromatic heterocycles. The Morgan fingerprint density at radius 3 is 2.21 bits per heavy atom. The average Bonchev–Trinajstić information content (AvgIpc) is 2.89. The molecule has 8 heteroatoms. The van der Waals surface area contributed by atoms with Crippen LogP contribution in [0.4, 0.5) is 23.3 Å². The van der Waals surface area contributed by atoms with Gasteiger partial charge in [0.1, 0.15) is 11.6 Å². The van der Waals surface area contributed by atoms with Crippen LogP contribution in [0.3, 0.4) is 0 Å². The van der Waals surface area contributed by atoms with Crippen LogP contribution in [0, 0.1) is 0 Å². The van der Waals surface area contributed by atoms with E-state index in [1.54, 1.807) is 0 Å². The number of piperazine rings is 1. The minimum Gasteiger partial charge on any atom is -0.368 e. The zero-order valence-corrected chi connectivity index (χ0v) is 20.4. The highest BCUT2D eigenvalue weighted by molar-refractivity contribution is 7.80. The normalized spacial score (nSPS) is 15.6. The van der Waals surface area contributed by atoms with E-state index >= 15 is 0 Å². The fraction of sp³-hybridized carbons (Fsp3) is 0.346. The third-order valence-corrected chi connectivity index (χ3v) is 6.69. The van der Waals surface area contributed by atoms with Crippen molar-refractivity contribution in [2.24, 2.45) is 0 Å². The highest BCUT2D eigenvalue weighted by atomic mass is 32.1. The summed E-state index contributed by atoms with van der Waals surface area (Å²) >= 11 is 5.42. The molecule has 3 heterocycles. The van der Waals surface area contributed by atoms with Crippen molar-refractivity contribution in [2.45, 2.75) is 19.9 Å². The standard InChI is InChI=1S/C26H31N7S/c1-2-27-26(34)30-25-28-23(32-16-14-31(15-17-32)22-10-4-3-5-11-22)18-24(29-25)33-13-12-20-8-6-7-9-21(20)19-33/h3-11,18H,2,12-17,19H2,1H3,(H2,27,28,29,30,34). The largest absolute Gasteiger partial charge is 0.368 e. The van der Waals surface area contributed by atoms with Crippen LogP contribution in [-0.4, -0.2) is 54.3 Å². The molecule has 0 bridgehead atoms. The number of hydrogen-bond donors (Lipinski definition) is 2. The molecule has 5 rings (SSSR count). The Bertz CT molecular complexity index is 1130. The summed E-state index contributed by atoms with van der Waals surface area (Å²) in [7, 11) is 0. The van der Waals surface area contributed by atoms with Crippen molar-refractivity contribution in [3.8, 4) is 0 Å². The van der Waals surface area contributed by atoms with E-state index in [1.165, 1.54) is 16.8 Å². The first-order chi connectivity index (χ1) is 16.7. The lowest BCUT2D eigenvalue weighted by atomic mass is 10.00. The molecule has 0 spiro atoms. The van der Waals surface area contributed by atoms with Crippen molar-refractivity contribution in [3.05, 3.63) is 71.8 Å². The van der Waals surface area contributed by atoms with E-state index < -0.39 is 0 Å². The highest BCUT2D eigenvalue weighted by Crippen LogP contribution is 2.28. The maximum Gasteiger partial charge on any atom is 0.232 e. The second-order valence-corrected chi connectivity index (χ2v) is 9.05. The monoisotopic (exact) mass is 473 g/mol. The van der Waals surface area contributed by atoms with Gasteiger partial charge < -0.3 is 25.3 Å². The van der Waals surface area contributed by atoms with Gasteiger partial charge in [-0.25, -0.2) is 0 Å². The summed E-state index contributed by atoms with van der Waals surface area (Å²) in [5.74, 6) is 2.42. The van der Waals surface area contributed by atoms with Crippen LogP contribution >= 0.6 is 12.2 Å². The number of nitrogens with one attached hydrogen (secondary N) is 2. The minimum absolute atomic E-state index is 0.544. The molecule has 2 aliphatic heterocycles. The summed E-state index contributed by atoms with van der Waals surface area (Å²) in [5.41, 5.74) is 4.07. The van der Waals surface area contributed by atoms with E-state index in [-0.39, 0.29) is 0 Å². The highest BCUT2D eigenvalue weighted by Gasteiger charge is 2.23. The molecular weight excluding hydrogens is 442 g/mol. The Labute approximate surface area is 206 Å². The van der Waals surface area contributed by atoms with Crippen LogP contribution in [0.5, 0.6) is 0 Å². The van der Waals surface area contributed by atoms with E-state index in [0.29, 0.717) is 11.1 Å². The van der Waals surface area contributed by atoms with E-state index in [1.807, 2.05) is 6.92 Å². The quantitative estimate of drug-likeness (QED) is 0.545. The Morgan fingerprint density at radius 1 is 0.824 bits per heavy atom. The van der Waals surface area contributed by atoms with Gasteiger partial charge in [-0.15, -0.1) is 0 Å². The fourth-order valence-corrected chi connectivity index (χ4v) is 4.87. The first kappa shape index (κ1) is 22.4. The summed E-state index contributed by atoms with van der Waals surface area (Å²) in [6, 6.07) is 21.4. The number of benzene rings is 2. The predicted molar refractivity (Wildman–Crippen MR) is 144 cm³/mol. The molecule has 7 nitrogen and oxygen atoms in total. The number of hydrogen-bond acceptors (Lipinski definition) is 6. The van der Waals surface area contributed by atoms with Gasteiger partial charge in [-0.3, -0.25) is 0 Å². The number of nitrogens with zero attached hydrogens (tertiary/aromatic N) is 5. The molecule has 1 saturated heterocycles. The molecule has 0 amide bonds. The van der Waals surface area contributed by atoms with Gasteiger partial charge in [0.15, 0.2) is 5.11 Å². The molecule has 2 N–H and O–H groups in total. The number of aromatic nitrogens is 2. The maximum absolute atomic E-state index is 5.42. The zero-order chi connectivity index (χ0) is 23.3. The first-order valence-corrected chi connectivity index (χ1v) is 12.4. The lowest BCUT2D eigenvalue weighted by Gasteiger charge is -2.37. The second-order valence-electron chi connectivity index (χ2n) is 8.64. The van der Waals surface area contributed by atoms with Crippen LogP contribution in [0.25, 0.3) is 0 Å². The van der Waals surface area contributed by atoms with Crippen LogP contribution in [0.2, 0.25) is 0 Å². The topological polar surface area (TPSA) is 59.6 Å². The van der Waals surface area contributed by atoms with Crippen molar-refractivity contribution in [1.82, 2.24) is 15.3 Å². The molecule has 0 unspecified atom stereocenters. The third-order valence-electron chi connectivity index (χ3n) is 6.44. The van der Waals surface area contributed by atoms with Gasteiger partial charge in [0.25, 0.3) is 0 Å². The summed E-state index contributed by atoms with van der Waals surface area (Å²) in [4.78, 5) is 16.8. The summed E-state index contributed by atoms with van der Waals surface area (Å²) < 4.78 is 0. The van der Waals surface area contributed by atoms with E-state index in [0.717, 1.165) is 63.9 Å². The van der Waals surface area contributed by atoms with Gasteiger partial charge in [-0.1, -0.05) is 42.5 Å². The molecule has 1 fully saturated rings. The summed E-state index contributed by atoms with van der Waals surface area (Å²) in [6.07, 6.45) is 1.02. The van der Waals surface area contributed by atoms with Crippen LogP contribution in [-0.2, 0) is 13.0 Å². The van der Waals surface area contributed by atoms with Crippen LogP contribution in [0.15, 0.2) is 60.7 Å². The molecule has 2 aromatic carbocycles. The zero-order valence-electron chi connectivity index (χ0n) is 19.6. The molecule has 0 aliphatic carbocycles. The summed E-state index contributed by atoms with van der Waals surface area (Å²) in [5, 5.41) is 6.87. The van der Waals surface area contributed by atoms with Crippen molar-refractivity contribution < 1.29 is 0 Å². The fourth-order valence-electron chi connectivity index (χ4n) is 4.63. The number of anilines is 4. The van der Waals surface area contributed by atoms with E-state index in [2.05, 4.69) is 86.0 Å². The summed E-state index contributed by atoms with van der Waals surface area (Å²) in [6.45, 7) is 8.29. The van der Waals surface area contributed by atoms with Crippen LogP contribution in [0.1, 0.15) is 18.1 Å². The lowest BCUT2D eigenvalue weighted by Crippen LogP contribution is -2.47. The molecule has 176 valence electrons. The van der Waals surface area contributed by atoms with Crippen molar-refractivity contribution in [2.75, 3.05) is 59.3 Å². The Morgan fingerprint density at radius 2 is 1.47 bits per heavy atom. The Kier molecular flexibility index (Phi) is 6.76. The maximum atomic E-state index is 5.42. The van der Waals surface area contributed by atoms with E-state index in [9.17, 15) is 0 Å². The number of thiocarbonyl (C=S) groups is 1. The minimum atomic E-state index is 0.544. The molecular formula is C26H31N7S. The smallest absolute Gasteiger partial charge is 0.232 e. The van der Waals surface area contributed by atoms with E-state index in [4.69, 9.17) is 22.2 Å². The number of rotatable bonds is 5. The third kappa shape index (κ3) is 5.07. The molecule has 0 radical (unpaired) electrons.